The van der Waals surface area contributed by atoms with Crippen molar-refractivity contribution in [2.24, 2.45) is 11.7 Å². The van der Waals surface area contributed by atoms with Crippen molar-refractivity contribution >= 4 is 30.8 Å². The quantitative estimate of drug-likeness (QED) is 0.330. The summed E-state index contributed by atoms with van der Waals surface area (Å²) in [5.74, 6) is 0.732. The van der Waals surface area contributed by atoms with Crippen LogP contribution in [0, 0.1) is 11.3 Å². The number of piperidine rings is 1. The Morgan fingerprint density at radius 3 is 2.75 bits per heavy atom. The monoisotopic (exact) mass is 272 g/mol. The lowest BCUT2D eigenvalue weighted by molar-refractivity contribution is 0.239. The molecular formula is C9H22Cl2N4O. The molecule has 1 aliphatic heterocycles. The Hall–Kier alpha value is -0.230. The highest BCUT2D eigenvalue weighted by Crippen LogP contribution is 2.14. The minimum absolute atomic E-state index is 0. The summed E-state index contributed by atoms with van der Waals surface area (Å²) < 4.78 is 0. The van der Waals surface area contributed by atoms with E-state index in [2.05, 4.69) is 5.32 Å². The molecule has 98 valence electrons. The third kappa shape index (κ3) is 6.37. The zero-order chi connectivity index (χ0) is 10.4. The number of nitrogens with zero attached hydrogens (tertiary/aromatic N) is 1. The van der Waals surface area contributed by atoms with Crippen molar-refractivity contribution in [2.45, 2.75) is 12.8 Å². The van der Waals surface area contributed by atoms with Gasteiger partial charge in [-0.25, -0.2) is 0 Å². The van der Waals surface area contributed by atoms with Gasteiger partial charge in [-0.1, -0.05) is 0 Å². The molecule has 7 heteroatoms. The van der Waals surface area contributed by atoms with E-state index in [0.29, 0.717) is 12.5 Å². The summed E-state index contributed by atoms with van der Waals surface area (Å²) in [4.78, 5) is 1.91. The summed E-state index contributed by atoms with van der Waals surface area (Å²) in [6.45, 7) is 3.52. The lowest BCUT2D eigenvalue weighted by Crippen LogP contribution is -2.45. The molecule has 16 heavy (non-hydrogen) atoms. The number of nitrogens with two attached hydrogens (primary N) is 1. The van der Waals surface area contributed by atoms with Crippen LogP contribution in [0.3, 0.4) is 0 Å². The molecule has 0 radical (unpaired) electrons. The molecule has 0 aromatic rings. The Kier molecular flexibility index (Phi) is 11.3. The largest absolute Gasteiger partial charge is 0.395 e. The van der Waals surface area contributed by atoms with E-state index >= 15 is 0 Å². The van der Waals surface area contributed by atoms with Crippen molar-refractivity contribution in [1.29, 1.82) is 5.41 Å². The Morgan fingerprint density at radius 1 is 1.50 bits per heavy atom. The van der Waals surface area contributed by atoms with Gasteiger partial charge < -0.3 is 21.1 Å². The smallest absolute Gasteiger partial charge is 0.188 e. The van der Waals surface area contributed by atoms with Crippen LogP contribution in [0.25, 0.3) is 0 Å². The van der Waals surface area contributed by atoms with E-state index in [0.717, 1.165) is 26.1 Å². The molecule has 1 heterocycles. The molecule has 0 aliphatic carbocycles. The first-order valence-corrected chi connectivity index (χ1v) is 5.14. The average Bonchev–Trinajstić information content (AvgIpc) is 2.19. The number of rotatable bonds is 4. The third-order valence-corrected chi connectivity index (χ3v) is 2.58. The van der Waals surface area contributed by atoms with Crippen LogP contribution in [0.2, 0.25) is 0 Å². The van der Waals surface area contributed by atoms with Crippen molar-refractivity contribution in [2.75, 3.05) is 32.8 Å². The van der Waals surface area contributed by atoms with Gasteiger partial charge in [0.05, 0.1) is 6.61 Å². The molecular weight excluding hydrogens is 251 g/mol. The van der Waals surface area contributed by atoms with E-state index in [4.69, 9.17) is 16.2 Å². The maximum atomic E-state index is 8.61. The van der Waals surface area contributed by atoms with Crippen molar-refractivity contribution in [3.05, 3.63) is 0 Å². The fraction of sp³-hybridized carbons (Fsp3) is 0.889. The molecule has 0 aromatic carbocycles. The fourth-order valence-electron chi connectivity index (χ4n) is 1.84. The van der Waals surface area contributed by atoms with Crippen LogP contribution in [-0.2, 0) is 0 Å². The molecule has 1 aliphatic rings. The maximum Gasteiger partial charge on any atom is 0.188 e. The van der Waals surface area contributed by atoms with Crippen LogP contribution < -0.4 is 11.1 Å². The molecule has 0 bridgehead atoms. The van der Waals surface area contributed by atoms with E-state index in [9.17, 15) is 0 Å². The van der Waals surface area contributed by atoms with Gasteiger partial charge in [-0.15, -0.1) is 24.8 Å². The van der Waals surface area contributed by atoms with Gasteiger partial charge in [-0.2, -0.15) is 0 Å². The molecule has 1 fully saturated rings. The number of hydrogen-bond donors (Lipinski definition) is 4. The number of likely N-dealkylation sites (tertiary alicyclic amines) is 1. The molecule has 0 aromatic heterocycles. The topological polar surface area (TPSA) is 85.4 Å². The van der Waals surface area contributed by atoms with Crippen molar-refractivity contribution in [3.8, 4) is 0 Å². The summed E-state index contributed by atoms with van der Waals surface area (Å²) in [7, 11) is 0. The van der Waals surface area contributed by atoms with Crippen molar-refractivity contribution < 1.29 is 5.11 Å². The second-order valence-corrected chi connectivity index (χ2v) is 3.77. The summed E-state index contributed by atoms with van der Waals surface area (Å²) >= 11 is 0. The molecule has 0 saturated carbocycles. The Balaban J connectivity index is 0. The predicted octanol–water partition coefficient (Wildman–Crippen LogP) is 0.0174. The van der Waals surface area contributed by atoms with Gasteiger partial charge in [0.2, 0.25) is 0 Å². The van der Waals surface area contributed by atoms with Crippen LogP contribution in [0.5, 0.6) is 0 Å². The first-order chi connectivity index (χ1) is 6.74. The second kappa shape index (κ2) is 9.96. The number of halogens is 2. The minimum atomic E-state index is 0. The first kappa shape index (κ1) is 18.1. The molecule has 1 atom stereocenters. The lowest BCUT2D eigenvalue weighted by Gasteiger charge is -2.33. The van der Waals surface area contributed by atoms with Gasteiger partial charge in [0.15, 0.2) is 5.96 Å². The van der Waals surface area contributed by atoms with Crippen molar-refractivity contribution in [3.63, 3.8) is 0 Å². The van der Waals surface area contributed by atoms with E-state index in [1.807, 2.05) is 4.90 Å². The van der Waals surface area contributed by atoms with Gasteiger partial charge in [0.1, 0.15) is 0 Å². The molecule has 1 rings (SSSR count). The molecule has 1 saturated heterocycles. The Labute approximate surface area is 109 Å². The number of hydrogen-bond acceptors (Lipinski definition) is 3. The average molecular weight is 273 g/mol. The highest BCUT2D eigenvalue weighted by atomic mass is 35.5. The van der Waals surface area contributed by atoms with Gasteiger partial charge in [0, 0.05) is 19.6 Å². The predicted molar refractivity (Wildman–Crippen MR) is 70.7 cm³/mol. The zero-order valence-electron chi connectivity index (χ0n) is 9.32. The minimum Gasteiger partial charge on any atom is -0.395 e. The summed E-state index contributed by atoms with van der Waals surface area (Å²) in [6, 6.07) is 0. The number of guanidine groups is 1. The van der Waals surface area contributed by atoms with Gasteiger partial charge >= 0.3 is 0 Å². The molecule has 0 spiro atoms. The molecule has 1 unspecified atom stereocenters. The van der Waals surface area contributed by atoms with Crippen LogP contribution in [0.15, 0.2) is 0 Å². The standard InChI is InChI=1S/C9H20N4O.2ClH/c10-9(11)13-4-1-2-8(7-13)6-12-3-5-14;;/h8,12,14H,1-7H2,(H3,10,11);2*1H. The first-order valence-electron chi connectivity index (χ1n) is 5.14. The van der Waals surface area contributed by atoms with E-state index in [-0.39, 0.29) is 37.4 Å². The molecule has 5 N–H and O–H groups in total. The highest BCUT2D eigenvalue weighted by Gasteiger charge is 2.19. The second-order valence-electron chi connectivity index (χ2n) is 3.77. The highest BCUT2D eigenvalue weighted by molar-refractivity contribution is 5.85. The van der Waals surface area contributed by atoms with Crippen LogP contribution in [0.4, 0.5) is 0 Å². The molecule has 5 nitrogen and oxygen atoms in total. The number of aliphatic hydroxyl groups is 1. The van der Waals surface area contributed by atoms with Crippen LogP contribution in [-0.4, -0.2) is 48.8 Å². The van der Waals surface area contributed by atoms with E-state index < -0.39 is 0 Å². The van der Waals surface area contributed by atoms with Gasteiger partial charge in [-0.3, -0.25) is 5.41 Å². The number of nitrogens with one attached hydrogen (secondary N) is 2. The van der Waals surface area contributed by atoms with E-state index in [1.54, 1.807) is 0 Å². The van der Waals surface area contributed by atoms with Crippen molar-refractivity contribution in [1.82, 2.24) is 10.2 Å². The maximum absolute atomic E-state index is 8.61. The van der Waals surface area contributed by atoms with E-state index in [1.165, 1.54) is 6.42 Å². The fourth-order valence-corrected chi connectivity index (χ4v) is 1.84. The van der Waals surface area contributed by atoms with Gasteiger partial charge in [0.25, 0.3) is 0 Å². The Bertz CT molecular complexity index is 194. The summed E-state index contributed by atoms with van der Waals surface area (Å²) in [5.41, 5.74) is 5.43. The normalized spacial score (nSPS) is 19.6. The zero-order valence-corrected chi connectivity index (χ0v) is 10.9. The lowest BCUT2D eigenvalue weighted by atomic mass is 9.98. The number of aliphatic hydroxyl groups excluding tert-OH is 1. The Morgan fingerprint density at radius 2 is 2.19 bits per heavy atom. The molecule has 0 amide bonds. The SMILES string of the molecule is Cl.Cl.N=C(N)N1CCCC(CNCCO)C1. The third-order valence-electron chi connectivity index (χ3n) is 2.58. The summed E-state index contributed by atoms with van der Waals surface area (Å²) in [6.07, 6.45) is 2.28. The van der Waals surface area contributed by atoms with Crippen LogP contribution in [0.1, 0.15) is 12.8 Å². The van der Waals surface area contributed by atoms with Gasteiger partial charge in [-0.05, 0) is 25.3 Å². The van der Waals surface area contributed by atoms with Crippen LogP contribution >= 0.6 is 24.8 Å². The summed E-state index contributed by atoms with van der Waals surface area (Å²) in [5, 5.41) is 19.1.